The number of rotatable bonds is 2. The Bertz CT molecular complexity index is 208. The van der Waals surface area contributed by atoms with Gasteiger partial charge < -0.3 is 5.11 Å². The van der Waals surface area contributed by atoms with E-state index in [1.54, 1.807) is 23.3 Å². The van der Waals surface area contributed by atoms with Gasteiger partial charge >= 0.3 is 0 Å². The Balaban J connectivity index is 2.67. The highest BCUT2D eigenvalue weighted by Crippen LogP contribution is 2.09. The van der Waals surface area contributed by atoms with Gasteiger partial charge in [-0.2, -0.15) is 5.10 Å². The summed E-state index contributed by atoms with van der Waals surface area (Å²) < 4.78 is 0. The Morgan fingerprint density at radius 3 is 3.10 bits per heavy atom. The molecule has 2 N–H and O–H groups in total. The first-order valence-corrected chi connectivity index (χ1v) is 3.70. The summed E-state index contributed by atoms with van der Waals surface area (Å²) in [5.74, 6) is 0. The summed E-state index contributed by atoms with van der Waals surface area (Å²) in [6.45, 7) is 0. The van der Waals surface area contributed by atoms with Crippen molar-refractivity contribution in [2.75, 3.05) is 0 Å². The van der Waals surface area contributed by atoms with Crippen molar-refractivity contribution < 1.29 is 5.11 Å². The second-order valence-corrected chi connectivity index (χ2v) is 2.30. The van der Waals surface area contributed by atoms with Crippen LogP contribution in [0.4, 0.5) is 0 Å². The quantitative estimate of drug-likeness (QED) is 0.762. The standard InChI is InChI=1S/C6H7BrN2O/c7-3-1-6(10)5-2-4-8-9-5/h1-4,6,10H,(H,8,9). The van der Waals surface area contributed by atoms with Gasteiger partial charge in [0.2, 0.25) is 0 Å². The number of nitrogens with one attached hydrogen (secondary N) is 1. The summed E-state index contributed by atoms with van der Waals surface area (Å²) in [5.41, 5.74) is 0.690. The molecular weight excluding hydrogens is 196 g/mol. The first-order valence-electron chi connectivity index (χ1n) is 2.79. The lowest BCUT2D eigenvalue weighted by molar-refractivity contribution is 0.224. The fraction of sp³-hybridized carbons (Fsp3) is 0.167. The number of halogens is 1. The van der Waals surface area contributed by atoms with Crippen LogP contribution in [0.1, 0.15) is 11.8 Å². The van der Waals surface area contributed by atoms with Crippen molar-refractivity contribution in [1.82, 2.24) is 10.2 Å². The predicted molar refractivity (Wildman–Crippen MR) is 41.6 cm³/mol. The molecule has 0 bridgehead atoms. The zero-order chi connectivity index (χ0) is 7.40. The SMILES string of the molecule is OC(C=CBr)c1ccn[nH]1. The highest BCUT2D eigenvalue weighted by atomic mass is 79.9. The van der Waals surface area contributed by atoms with Gasteiger partial charge in [-0.05, 0) is 17.1 Å². The topological polar surface area (TPSA) is 48.9 Å². The first kappa shape index (κ1) is 7.50. The molecule has 0 aliphatic rings. The molecule has 1 aromatic rings. The van der Waals surface area contributed by atoms with Crippen LogP contribution in [0.2, 0.25) is 0 Å². The van der Waals surface area contributed by atoms with Crippen molar-refractivity contribution in [2.45, 2.75) is 6.10 Å². The molecule has 1 atom stereocenters. The number of aromatic nitrogens is 2. The molecule has 0 aromatic carbocycles. The highest BCUT2D eigenvalue weighted by Gasteiger charge is 2.01. The first-order chi connectivity index (χ1) is 4.84. The number of nitrogens with zero attached hydrogens (tertiary/aromatic N) is 1. The average Bonchev–Trinajstić information content (AvgIpc) is 2.38. The Hall–Kier alpha value is -0.610. The van der Waals surface area contributed by atoms with Crippen LogP contribution in [0.5, 0.6) is 0 Å². The molecule has 54 valence electrons. The van der Waals surface area contributed by atoms with Crippen molar-refractivity contribution in [2.24, 2.45) is 0 Å². The van der Waals surface area contributed by atoms with E-state index < -0.39 is 6.10 Å². The molecule has 4 heteroatoms. The van der Waals surface area contributed by atoms with E-state index in [2.05, 4.69) is 26.1 Å². The van der Waals surface area contributed by atoms with Crippen LogP contribution in [-0.4, -0.2) is 15.3 Å². The number of aliphatic hydroxyl groups is 1. The zero-order valence-corrected chi connectivity index (χ0v) is 6.75. The second-order valence-electron chi connectivity index (χ2n) is 1.78. The van der Waals surface area contributed by atoms with Gasteiger partial charge in [0.05, 0.1) is 5.69 Å². The van der Waals surface area contributed by atoms with Gasteiger partial charge in [-0.3, -0.25) is 5.10 Å². The molecule has 1 heterocycles. The third-order valence-corrected chi connectivity index (χ3v) is 1.40. The monoisotopic (exact) mass is 202 g/mol. The van der Waals surface area contributed by atoms with Gasteiger partial charge in [0, 0.05) is 6.20 Å². The maximum absolute atomic E-state index is 9.22. The summed E-state index contributed by atoms with van der Waals surface area (Å²) in [5, 5.41) is 15.6. The van der Waals surface area contributed by atoms with E-state index in [4.69, 9.17) is 0 Å². The number of hydrogen-bond donors (Lipinski definition) is 2. The molecule has 0 amide bonds. The van der Waals surface area contributed by atoms with Crippen molar-refractivity contribution >= 4 is 15.9 Å². The number of aliphatic hydroxyl groups excluding tert-OH is 1. The van der Waals surface area contributed by atoms with E-state index in [9.17, 15) is 5.11 Å². The third-order valence-electron chi connectivity index (χ3n) is 1.10. The Kier molecular flexibility index (Phi) is 2.65. The normalized spacial score (nSPS) is 14.2. The minimum atomic E-state index is -0.595. The van der Waals surface area contributed by atoms with Crippen LogP contribution in [0.25, 0.3) is 0 Å². The van der Waals surface area contributed by atoms with E-state index in [-0.39, 0.29) is 0 Å². The molecule has 1 unspecified atom stereocenters. The van der Waals surface area contributed by atoms with Gasteiger partial charge in [-0.15, -0.1) is 0 Å². The van der Waals surface area contributed by atoms with Crippen LogP contribution in [-0.2, 0) is 0 Å². The lowest BCUT2D eigenvalue weighted by Crippen LogP contribution is -1.92. The average molecular weight is 203 g/mol. The molecule has 0 fully saturated rings. The lowest BCUT2D eigenvalue weighted by atomic mass is 10.3. The van der Waals surface area contributed by atoms with Crippen LogP contribution in [0.3, 0.4) is 0 Å². The number of aromatic amines is 1. The summed E-state index contributed by atoms with van der Waals surface area (Å²) >= 11 is 3.06. The Morgan fingerprint density at radius 2 is 2.60 bits per heavy atom. The zero-order valence-electron chi connectivity index (χ0n) is 5.16. The molecule has 10 heavy (non-hydrogen) atoms. The van der Waals surface area contributed by atoms with Gasteiger partial charge in [0.25, 0.3) is 0 Å². The fourth-order valence-corrected chi connectivity index (χ4v) is 0.893. The van der Waals surface area contributed by atoms with Crippen LogP contribution >= 0.6 is 15.9 Å². The molecule has 0 spiro atoms. The van der Waals surface area contributed by atoms with Crippen LogP contribution in [0.15, 0.2) is 23.3 Å². The second kappa shape index (κ2) is 3.53. The van der Waals surface area contributed by atoms with Gasteiger partial charge in [-0.1, -0.05) is 15.9 Å². The largest absolute Gasteiger partial charge is 0.383 e. The smallest absolute Gasteiger partial charge is 0.114 e. The van der Waals surface area contributed by atoms with E-state index in [1.807, 2.05) is 0 Å². The van der Waals surface area contributed by atoms with Crippen molar-refractivity contribution in [3.8, 4) is 0 Å². The highest BCUT2D eigenvalue weighted by molar-refractivity contribution is 9.11. The van der Waals surface area contributed by atoms with Gasteiger partial charge in [0.15, 0.2) is 0 Å². The van der Waals surface area contributed by atoms with Crippen molar-refractivity contribution in [1.29, 1.82) is 0 Å². The number of H-pyrrole nitrogens is 1. The number of hydrogen-bond acceptors (Lipinski definition) is 2. The lowest BCUT2D eigenvalue weighted by Gasteiger charge is -1.98. The molecule has 1 rings (SSSR count). The molecule has 0 saturated heterocycles. The maximum atomic E-state index is 9.22. The van der Waals surface area contributed by atoms with E-state index in [1.165, 1.54) is 0 Å². The summed E-state index contributed by atoms with van der Waals surface area (Å²) in [6, 6.07) is 1.72. The minimum Gasteiger partial charge on any atom is -0.383 e. The third kappa shape index (κ3) is 1.68. The summed E-state index contributed by atoms with van der Waals surface area (Å²) in [6.07, 6.45) is 2.61. The molecule has 0 radical (unpaired) electrons. The fourth-order valence-electron chi connectivity index (χ4n) is 0.604. The Labute approximate surface area is 66.9 Å². The maximum Gasteiger partial charge on any atom is 0.114 e. The Morgan fingerprint density at radius 1 is 1.80 bits per heavy atom. The minimum absolute atomic E-state index is 0.595. The molecule has 0 aliphatic heterocycles. The van der Waals surface area contributed by atoms with Crippen LogP contribution < -0.4 is 0 Å². The molecule has 3 nitrogen and oxygen atoms in total. The predicted octanol–water partition coefficient (Wildman–Crippen LogP) is 1.35. The van der Waals surface area contributed by atoms with E-state index in [0.29, 0.717) is 5.69 Å². The molecule has 0 saturated carbocycles. The summed E-state index contributed by atoms with van der Waals surface area (Å²) in [7, 11) is 0. The summed E-state index contributed by atoms with van der Waals surface area (Å²) in [4.78, 5) is 1.61. The molecular formula is C6H7BrN2O. The van der Waals surface area contributed by atoms with Crippen LogP contribution in [0, 0.1) is 0 Å². The van der Waals surface area contributed by atoms with E-state index >= 15 is 0 Å². The van der Waals surface area contributed by atoms with Crippen molar-refractivity contribution in [3.05, 3.63) is 29.0 Å². The van der Waals surface area contributed by atoms with Crippen molar-refractivity contribution in [3.63, 3.8) is 0 Å². The van der Waals surface area contributed by atoms with Gasteiger partial charge in [-0.25, -0.2) is 0 Å². The molecule has 0 aliphatic carbocycles. The van der Waals surface area contributed by atoms with E-state index in [0.717, 1.165) is 0 Å². The van der Waals surface area contributed by atoms with Gasteiger partial charge in [0.1, 0.15) is 6.10 Å². The molecule has 1 aromatic heterocycles.